The van der Waals surface area contributed by atoms with Gasteiger partial charge in [0.15, 0.2) is 5.78 Å². The highest BCUT2D eigenvalue weighted by Gasteiger charge is 2.57. The molecular formula is C26H46B2O8S2. The van der Waals surface area contributed by atoms with Crippen LogP contribution in [0.25, 0.3) is 0 Å². The molecule has 0 aromatic heterocycles. The summed E-state index contributed by atoms with van der Waals surface area (Å²) in [6.45, 7) is 15.6. The van der Waals surface area contributed by atoms with E-state index in [2.05, 4.69) is 13.2 Å². The van der Waals surface area contributed by atoms with Gasteiger partial charge < -0.3 is 32.4 Å². The Bertz CT molecular complexity index is 798. The Hall–Kier alpha value is -0.300. The Labute approximate surface area is 243 Å². The summed E-state index contributed by atoms with van der Waals surface area (Å²) in [4.78, 5) is 12.4. The molecule has 12 heteroatoms. The van der Waals surface area contributed by atoms with Crippen LogP contribution in [0.4, 0.5) is 0 Å². The molecule has 1 unspecified atom stereocenters. The van der Waals surface area contributed by atoms with Gasteiger partial charge in [-0.15, -0.1) is 13.2 Å². The SMILES string of the molecule is [3H][B]SOCC(C)(C)[C@]1(OC)O[C@H](CC=C)CCC1=O.[3H][B]SOCC(C)(C)[C@]1(OC)O[C@H](CC=C)CCC1O. The van der Waals surface area contributed by atoms with Gasteiger partial charge >= 0.3 is 0 Å². The lowest BCUT2D eigenvalue weighted by molar-refractivity contribution is -0.358. The van der Waals surface area contributed by atoms with Crippen molar-refractivity contribution in [2.24, 2.45) is 10.8 Å². The van der Waals surface area contributed by atoms with Gasteiger partial charge in [0.1, 0.15) is 6.10 Å². The Morgan fingerprint density at radius 3 is 2.05 bits per heavy atom. The zero-order valence-corrected chi connectivity index (χ0v) is 25.4. The van der Waals surface area contributed by atoms with Crippen LogP contribution in [-0.4, -0.2) is 85.1 Å². The molecule has 0 saturated carbocycles. The highest BCUT2D eigenvalue weighted by molar-refractivity contribution is 8.16. The summed E-state index contributed by atoms with van der Waals surface area (Å²) in [5.41, 5.74) is -1.22. The van der Waals surface area contributed by atoms with Crippen LogP contribution < -0.4 is 0 Å². The molecule has 0 aromatic carbocycles. The predicted octanol–water partition coefficient (Wildman–Crippen LogP) is 4.11. The van der Waals surface area contributed by atoms with E-state index in [1.165, 1.54) is 7.11 Å². The second-order valence-corrected chi connectivity index (χ2v) is 11.6. The van der Waals surface area contributed by atoms with E-state index in [1.54, 1.807) is 13.2 Å². The summed E-state index contributed by atoms with van der Waals surface area (Å²) in [5.74, 6) is -2.47. The first-order chi connectivity index (χ1) is 18.9. The van der Waals surface area contributed by atoms with Gasteiger partial charge in [-0.3, -0.25) is 4.79 Å². The van der Waals surface area contributed by atoms with Gasteiger partial charge in [0, 0.05) is 26.1 Å². The lowest BCUT2D eigenvalue weighted by Crippen LogP contribution is -2.62. The van der Waals surface area contributed by atoms with Crippen molar-refractivity contribution in [3.05, 3.63) is 25.3 Å². The number of hydrogen-bond acceptors (Lipinski definition) is 10. The normalized spacial score (nSPS) is 30.8. The molecule has 2 aliphatic rings. The second kappa shape index (κ2) is 16.2. The van der Waals surface area contributed by atoms with Crippen LogP contribution in [0.2, 0.25) is 0 Å². The fraction of sp³-hybridized carbons (Fsp3) is 0.808. The molecule has 38 heavy (non-hydrogen) atoms. The molecule has 0 spiro atoms. The minimum atomic E-state index is -1.30. The molecule has 2 heterocycles. The van der Waals surface area contributed by atoms with E-state index in [-0.39, 0.29) is 24.6 Å². The predicted molar refractivity (Wildman–Crippen MR) is 157 cm³/mol. The van der Waals surface area contributed by atoms with Crippen LogP contribution in [0.15, 0.2) is 25.3 Å². The Kier molecular flexibility index (Phi) is 13.8. The number of hydrogen-bond donors (Lipinski definition) is 1. The number of methoxy groups -OCH3 is 2. The van der Waals surface area contributed by atoms with E-state index in [0.717, 1.165) is 50.8 Å². The first-order valence-electron chi connectivity index (χ1n) is 13.9. The highest BCUT2D eigenvalue weighted by atomic mass is 32.2. The number of ketones is 1. The van der Waals surface area contributed by atoms with Crippen molar-refractivity contribution in [1.29, 1.82) is 2.67 Å². The van der Waals surface area contributed by atoms with Crippen molar-refractivity contribution in [1.82, 2.24) is 0 Å². The third-order valence-corrected chi connectivity index (χ3v) is 7.70. The molecule has 2 fully saturated rings. The third-order valence-electron chi connectivity index (χ3n) is 7.20. The zero-order chi connectivity index (χ0) is 30.5. The lowest BCUT2D eigenvalue weighted by atomic mass is 9.77. The number of aliphatic hydroxyl groups excluding tert-OH is 1. The quantitative estimate of drug-likeness (QED) is 0.125. The van der Waals surface area contributed by atoms with Gasteiger partial charge in [0.2, 0.25) is 25.8 Å². The smallest absolute Gasteiger partial charge is 0.236 e. The van der Waals surface area contributed by atoms with Crippen molar-refractivity contribution in [3.8, 4) is 0 Å². The van der Waals surface area contributed by atoms with Crippen LogP contribution in [0, 0.1) is 10.8 Å². The van der Waals surface area contributed by atoms with Crippen molar-refractivity contribution in [2.75, 3.05) is 27.4 Å². The molecule has 2 rings (SSSR count). The van der Waals surface area contributed by atoms with Gasteiger partial charge in [-0.25, -0.2) is 0 Å². The molecule has 8 nitrogen and oxygen atoms in total. The average Bonchev–Trinajstić information content (AvgIpc) is 2.91. The maximum atomic E-state index is 12.4. The minimum Gasteiger partial charge on any atom is -0.387 e. The van der Waals surface area contributed by atoms with Crippen LogP contribution in [0.5, 0.6) is 0 Å². The lowest BCUT2D eigenvalue weighted by Gasteiger charge is -2.51. The number of carbonyl (C=O) groups excluding carboxylic acids is 1. The number of aliphatic hydroxyl groups is 1. The molecule has 0 amide bonds. The molecule has 5 atom stereocenters. The number of Topliss-reactive ketones (excluding diaryl/α,β-unsaturated/α-hetero) is 1. The van der Waals surface area contributed by atoms with Crippen LogP contribution in [0.3, 0.4) is 0 Å². The fourth-order valence-electron chi connectivity index (χ4n) is 5.04. The van der Waals surface area contributed by atoms with E-state index < -0.39 is 28.5 Å². The molecule has 0 aromatic rings. The maximum Gasteiger partial charge on any atom is 0.236 e. The standard InChI is InChI=1S/C13H24BO4S.C13H22BO4S/c2*1-5-6-10-7-8-11(15)13(16-4,18-10)12(2,3)9-17-19-14/h5,10-11,14-15H,1,6-9H2,2-4H3;5,10,14H,1,6-9H2,2-4H3/t10-,11?,13-;10-,13-/m11/s1/i2*14T. The first-order valence-corrected chi connectivity index (χ1v) is 14.3. The maximum absolute atomic E-state index is 12.4. The summed E-state index contributed by atoms with van der Waals surface area (Å²) < 4.78 is 47.8. The molecule has 216 valence electrons. The molecule has 1 N–H and O–H groups in total. The number of carbonyl (C=O) groups is 1. The van der Waals surface area contributed by atoms with E-state index in [0.29, 0.717) is 32.3 Å². The summed E-state index contributed by atoms with van der Waals surface area (Å²) >= 11 is 1.88. The molecule has 2 aliphatic heterocycles. The first kappa shape index (κ1) is 32.2. The average molecular weight is 576 g/mol. The van der Waals surface area contributed by atoms with Gasteiger partial charge in [-0.2, -0.15) is 0 Å². The van der Waals surface area contributed by atoms with E-state index >= 15 is 0 Å². The summed E-state index contributed by atoms with van der Waals surface area (Å²) in [7, 11) is 5.25. The Morgan fingerprint density at radius 2 is 1.55 bits per heavy atom. The summed E-state index contributed by atoms with van der Waals surface area (Å²) in [6, 6.07) is 0. The molecule has 2 saturated heterocycles. The van der Waals surface area contributed by atoms with E-state index in [9.17, 15) is 9.90 Å². The van der Waals surface area contributed by atoms with Gasteiger partial charge in [-0.1, -0.05) is 63.6 Å². The topological polar surface area (TPSA) is 92.7 Å². The van der Waals surface area contributed by atoms with Crippen molar-refractivity contribution >= 4 is 43.7 Å². The van der Waals surface area contributed by atoms with Crippen molar-refractivity contribution < 1.29 is 37.2 Å². The number of ether oxygens (including phenoxy) is 4. The molecule has 2 radical (unpaired) electrons. The molecular weight excluding hydrogens is 526 g/mol. The van der Waals surface area contributed by atoms with Gasteiger partial charge in [-0.05, 0) is 34.8 Å². The number of rotatable bonds is 16. The van der Waals surface area contributed by atoms with E-state index in [1.807, 2.05) is 33.8 Å². The largest absolute Gasteiger partial charge is 0.387 e. The van der Waals surface area contributed by atoms with E-state index in [4.69, 9.17) is 30.0 Å². The van der Waals surface area contributed by atoms with Crippen LogP contribution >= 0.6 is 23.8 Å². The second-order valence-electron chi connectivity index (χ2n) is 10.8. The molecule has 0 bridgehead atoms. The van der Waals surface area contributed by atoms with Crippen molar-refractivity contribution in [3.63, 3.8) is 0 Å². The van der Waals surface area contributed by atoms with Gasteiger partial charge in [0.25, 0.3) is 0 Å². The third kappa shape index (κ3) is 8.36. The summed E-state index contributed by atoms with van der Waals surface area (Å²) in [6.07, 6.45) is 6.73. The Morgan fingerprint density at radius 1 is 1.00 bits per heavy atom. The Balaban J connectivity index is 0.000000400. The van der Waals surface area contributed by atoms with Crippen LogP contribution in [0.1, 0.15) is 66.2 Å². The van der Waals surface area contributed by atoms with Gasteiger partial charge in [0.05, 0.1) is 30.8 Å². The highest BCUT2D eigenvalue weighted by Crippen LogP contribution is 2.45. The minimum absolute atomic E-state index is 0.00878. The monoisotopic (exact) mass is 576 g/mol. The molecule has 0 aliphatic carbocycles. The zero-order valence-electron chi connectivity index (χ0n) is 25.7. The van der Waals surface area contributed by atoms with Crippen molar-refractivity contribution in [2.45, 2.75) is 96.1 Å². The fourth-order valence-corrected chi connectivity index (χ4v) is 5.77. The van der Waals surface area contributed by atoms with Crippen LogP contribution in [-0.2, 0) is 32.1 Å². The summed E-state index contributed by atoms with van der Waals surface area (Å²) in [5, 5.41) is 10.4.